The number of ether oxygens (including phenoxy) is 1. The maximum atomic E-state index is 12.1. The van der Waals surface area contributed by atoms with Gasteiger partial charge in [-0.15, -0.1) is 0 Å². The van der Waals surface area contributed by atoms with E-state index in [-0.39, 0.29) is 22.2 Å². The molecular formula is C13H17ClN2O3. The summed E-state index contributed by atoms with van der Waals surface area (Å²) in [6.07, 6.45) is 0. The fourth-order valence-electron chi connectivity index (χ4n) is 1.62. The molecule has 19 heavy (non-hydrogen) atoms. The average molecular weight is 285 g/mol. The molecular weight excluding hydrogens is 268 g/mol. The van der Waals surface area contributed by atoms with Crippen LogP contribution in [-0.4, -0.2) is 25.0 Å². The molecule has 1 atom stereocenters. The minimum absolute atomic E-state index is 0.111. The highest BCUT2D eigenvalue weighted by atomic mass is 35.5. The molecule has 0 saturated heterocycles. The molecule has 0 saturated carbocycles. The lowest BCUT2D eigenvalue weighted by molar-refractivity contribution is -0.144. The Bertz CT molecular complexity index is 469. The molecule has 0 aliphatic carbocycles. The quantitative estimate of drug-likeness (QED) is 0.653. The van der Waals surface area contributed by atoms with Crippen molar-refractivity contribution in [3.05, 3.63) is 28.8 Å². The molecule has 0 radical (unpaired) electrons. The van der Waals surface area contributed by atoms with Gasteiger partial charge in [0.25, 0.3) is 5.91 Å². The van der Waals surface area contributed by atoms with Crippen LogP contribution in [0.3, 0.4) is 0 Å². The van der Waals surface area contributed by atoms with Crippen molar-refractivity contribution in [2.24, 2.45) is 5.92 Å². The maximum Gasteiger partial charge on any atom is 0.328 e. The Morgan fingerprint density at radius 3 is 2.47 bits per heavy atom. The third-order valence-electron chi connectivity index (χ3n) is 2.68. The first kappa shape index (κ1) is 15.3. The van der Waals surface area contributed by atoms with Crippen LogP contribution in [0.2, 0.25) is 5.02 Å². The number of hydrogen-bond acceptors (Lipinski definition) is 4. The Hall–Kier alpha value is -1.75. The van der Waals surface area contributed by atoms with Gasteiger partial charge >= 0.3 is 5.97 Å². The number of esters is 1. The predicted molar refractivity (Wildman–Crippen MR) is 74.0 cm³/mol. The largest absolute Gasteiger partial charge is 0.467 e. The standard InChI is InChI=1S/C13H17ClN2O3/c1-7(2)11(13(18)19-3)16-12(17)10-8(14)5-4-6-9(10)15/h4-7,11H,15H2,1-3H3,(H,16,17). The topological polar surface area (TPSA) is 81.4 Å². The van der Waals surface area contributed by atoms with Gasteiger partial charge in [-0.05, 0) is 18.1 Å². The normalized spacial score (nSPS) is 12.1. The van der Waals surface area contributed by atoms with Crippen molar-refractivity contribution in [2.75, 3.05) is 12.8 Å². The number of amides is 1. The third kappa shape index (κ3) is 3.61. The molecule has 1 aromatic rings. The number of benzene rings is 1. The molecule has 104 valence electrons. The number of hydrogen-bond donors (Lipinski definition) is 2. The number of carbonyl (C=O) groups excluding carboxylic acids is 2. The summed E-state index contributed by atoms with van der Waals surface area (Å²) in [5.41, 5.74) is 6.15. The Labute approximate surface area is 117 Å². The van der Waals surface area contributed by atoms with Crippen LogP contribution in [0.25, 0.3) is 0 Å². The molecule has 5 nitrogen and oxygen atoms in total. The SMILES string of the molecule is COC(=O)C(NC(=O)c1c(N)cccc1Cl)C(C)C. The van der Waals surface area contributed by atoms with Crippen molar-refractivity contribution in [3.63, 3.8) is 0 Å². The number of nitrogens with two attached hydrogens (primary N) is 1. The molecule has 1 rings (SSSR count). The van der Waals surface area contributed by atoms with Crippen LogP contribution in [0.4, 0.5) is 5.69 Å². The molecule has 0 bridgehead atoms. The van der Waals surface area contributed by atoms with Crippen molar-refractivity contribution >= 4 is 29.2 Å². The summed E-state index contributed by atoms with van der Waals surface area (Å²) in [7, 11) is 1.27. The number of nitrogen functional groups attached to an aromatic ring is 1. The first-order valence-electron chi connectivity index (χ1n) is 5.81. The Morgan fingerprint density at radius 1 is 1.37 bits per heavy atom. The summed E-state index contributed by atoms with van der Waals surface area (Å²) in [5, 5.41) is 2.83. The van der Waals surface area contributed by atoms with E-state index in [0.29, 0.717) is 0 Å². The highest BCUT2D eigenvalue weighted by Crippen LogP contribution is 2.22. The number of methoxy groups -OCH3 is 1. The Balaban J connectivity index is 2.98. The van der Waals surface area contributed by atoms with E-state index in [2.05, 4.69) is 10.1 Å². The predicted octanol–water partition coefficient (Wildman–Crippen LogP) is 1.85. The average Bonchev–Trinajstić information content (AvgIpc) is 2.34. The maximum absolute atomic E-state index is 12.1. The lowest BCUT2D eigenvalue weighted by Gasteiger charge is -2.20. The van der Waals surface area contributed by atoms with Gasteiger partial charge < -0.3 is 15.8 Å². The minimum atomic E-state index is -0.742. The first-order chi connectivity index (χ1) is 8.88. The van der Waals surface area contributed by atoms with Crippen LogP contribution < -0.4 is 11.1 Å². The van der Waals surface area contributed by atoms with Crippen LogP contribution in [0, 0.1) is 5.92 Å². The number of nitrogens with one attached hydrogen (secondary N) is 1. The molecule has 0 spiro atoms. The van der Waals surface area contributed by atoms with Gasteiger partial charge in [0.15, 0.2) is 0 Å². The van der Waals surface area contributed by atoms with Gasteiger partial charge in [-0.2, -0.15) is 0 Å². The first-order valence-corrected chi connectivity index (χ1v) is 6.19. The van der Waals surface area contributed by atoms with E-state index in [1.807, 2.05) is 0 Å². The van der Waals surface area contributed by atoms with Crippen molar-refractivity contribution in [2.45, 2.75) is 19.9 Å². The Morgan fingerprint density at radius 2 is 2.00 bits per heavy atom. The molecule has 0 aliphatic rings. The van der Waals surface area contributed by atoms with Gasteiger partial charge in [0.05, 0.1) is 17.7 Å². The molecule has 1 unspecified atom stereocenters. The second-order valence-corrected chi connectivity index (χ2v) is 4.83. The zero-order chi connectivity index (χ0) is 14.6. The van der Waals surface area contributed by atoms with Crippen LogP contribution in [-0.2, 0) is 9.53 Å². The van der Waals surface area contributed by atoms with Crippen molar-refractivity contribution in [1.29, 1.82) is 0 Å². The zero-order valence-corrected chi connectivity index (χ0v) is 11.8. The highest BCUT2D eigenvalue weighted by Gasteiger charge is 2.26. The number of rotatable bonds is 4. The zero-order valence-electron chi connectivity index (χ0n) is 11.1. The number of carbonyl (C=O) groups is 2. The lowest BCUT2D eigenvalue weighted by atomic mass is 10.0. The summed E-state index contributed by atoms with van der Waals surface area (Å²) in [6, 6.07) is 4.04. The van der Waals surface area contributed by atoms with E-state index in [4.69, 9.17) is 17.3 Å². The fraction of sp³-hybridized carbons (Fsp3) is 0.385. The van der Waals surface area contributed by atoms with Gasteiger partial charge in [0.1, 0.15) is 6.04 Å². The molecule has 1 aromatic carbocycles. The van der Waals surface area contributed by atoms with E-state index in [1.165, 1.54) is 7.11 Å². The lowest BCUT2D eigenvalue weighted by Crippen LogP contribution is -2.45. The number of anilines is 1. The fourth-order valence-corrected chi connectivity index (χ4v) is 1.89. The van der Waals surface area contributed by atoms with Crippen LogP contribution >= 0.6 is 11.6 Å². The van der Waals surface area contributed by atoms with E-state index in [1.54, 1.807) is 32.0 Å². The van der Waals surface area contributed by atoms with Gasteiger partial charge in [-0.3, -0.25) is 4.79 Å². The molecule has 0 aromatic heterocycles. The van der Waals surface area contributed by atoms with E-state index in [9.17, 15) is 9.59 Å². The second-order valence-electron chi connectivity index (χ2n) is 4.42. The smallest absolute Gasteiger partial charge is 0.328 e. The summed E-state index contributed by atoms with van der Waals surface area (Å²) in [6.45, 7) is 3.61. The van der Waals surface area contributed by atoms with E-state index >= 15 is 0 Å². The molecule has 0 aliphatic heterocycles. The minimum Gasteiger partial charge on any atom is -0.467 e. The van der Waals surface area contributed by atoms with Crippen LogP contribution in [0.5, 0.6) is 0 Å². The van der Waals surface area contributed by atoms with Gasteiger partial charge in [-0.25, -0.2) is 4.79 Å². The number of halogens is 1. The Kier molecular flexibility index (Phi) is 5.18. The molecule has 6 heteroatoms. The van der Waals surface area contributed by atoms with Crippen molar-refractivity contribution in [1.82, 2.24) is 5.32 Å². The molecule has 0 heterocycles. The molecule has 3 N–H and O–H groups in total. The molecule has 1 amide bonds. The summed E-state index contributed by atoms with van der Waals surface area (Å²) in [4.78, 5) is 23.7. The summed E-state index contributed by atoms with van der Waals surface area (Å²) in [5.74, 6) is -1.11. The monoisotopic (exact) mass is 284 g/mol. The summed E-state index contributed by atoms with van der Waals surface area (Å²) < 4.78 is 4.65. The van der Waals surface area contributed by atoms with Gasteiger partial charge in [0.2, 0.25) is 0 Å². The van der Waals surface area contributed by atoms with Gasteiger partial charge in [-0.1, -0.05) is 31.5 Å². The van der Waals surface area contributed by atoms with Gasteiger partial charge in [0, 0.05) is 5.69 Å². The third-order valence-corrected chi connectivity index (χ3v) is 3.00. The van der Waals surface area contributed by atoms with Crippen molar-refractivity contribution < 1.29 is 14.3 Å². The summed E-state index contributed by atoms with van der Waals surface area (Å²) >= 11 is 5.94. The van der Waals surface area contributed by atoms with E-state index < -0.39 is 17.9 Å². The van der Waals surface area contributed by atoms with Crippen molar-refractivity contribution in [3.8, 4) is 0 Å². The second kappa shape index (κ2) is 6.43. The highest BCUT2D eigenvalue weighted by molar-refractivity contribution is 6.34. The van der Waals surface area contributed by atoms with Crippen LogP contribution in [0.1, 0.15) is 24.2 Å². The van der Waals surface area contributed by atoms with E-state index in [0.717, 1.165) is 0 Å². The molecule has 0 fully saturated rings. The van der Waals surface area contributed by atoms with Crippen LogP contribution in [0.15, 0.2) is 18.2 Å².